The Balaban J connectivity index is 2.58. The number of benzene rings is 1. The summed E-state index contributed by atoms with van der Waals surface area (Å²) in [5.74, 6) is -1.18. The molecule has 1 aliphatic rings. The van der Waals surface area contributed by atoms with Gasteiger partial charge in [0.1, 0.15) is 0 Å². The van der Waals surface area contributed by atoms with Crippen LogP contribution in [-0.2, 0) is 0 Å². The van der Waals surface area contributed by atoms with Gasteiger partial charge in [0.25, 0.3) is 0 Å². The van der Waals surface area contributed by atoms with E-state index in [1.54, 1.807) is 0 Å². The summed E-state index contributed by atoms with van der Waals surface area (Å²) in [6.07, 6.45) is 0. The maximum absolute atomic E-state index is 11.5. The average Bonchev–Trinajstić information content (AvgIpc) is 2.63. The van der Waals surface area contributed by atoms with E-state index < -0.39 is 5.97 Å². The second-order valence-electron chi connectivity index (χ2n) is 3.47. The number of anilines is 1. The van der Waals surface area contributed by atoms with Crippen molar-refractivity contribution in [1.29, 1.82) is 0 Å². The highest BCUT2D eigenvalue weighted by molar-refractivity contribution is 6.38. The Morgan fingerprint density at radius 1 is 1.41 bits per heavy atom. The minimum atomic E-state index is -1.18. The molecule has 2 rings (SSSR count). The molecule has 5 nitrogen and oxygen atoms in total. The molecule has 0 atom stereocenters. The van der Waals surface area contributed by atoms with Crippen molar-refractivity contribution < 1.29 is 14.7 Å². The molecule has 1 aliphatic heterocycles. The molecule has 0 bridgehead atoms. The standard InChI is InChI=1S/C10H8Cl2N2O3/c11-5-3-6(9(15)16)8(7(12)4-5)14-2-1-13-10(14)17/h3-4H,1-2H2,(H,13,17)(H,15,16). The fraction of sp³-hybridized carbons (Fsp3) is 0.200. The third-order valence-electron chi connectivity index (χ3n) is 2.39. The van der Waals surface area contributed by atoms with Crippen LogP contribution in [-0.4, -0.2) is 30.2 Å². The number of carboxylic acids is 1. The van der Waals surface area contributed by atoms with Crippen LogP contribution in [0.1, 0.15) is 10.4 Å². The van der Waals surface area contributed by atoms with Gasteiger partial charge in [0, 0.05) is 18.1 Å². The van der Waals surface area contributed by atoms with Gasteiger partial charge in [-0.2, -0.15) is 0 Å². The number of nitrogens with one attached hydrogen (secondary N) is 1. The number of carbonyl (C=O) groups is 2. The van der Waals surface area contributed by atoms with Crippen molar-refractivity contribution >= 4 is 40.9 Å². The summed E-state index contributed by atoms with van der Waals surface area (Å²) < 4.78 is 0. The van der Waals surface area contributed by atoms with Crippen molar-refractivity contribution in [3.8, 4) is 0 Å². The predicted molar refractivity (Wildman–Crippen MR) is 64.2 cm³/mol. The quantitative estimate of drug-likeness (QED) is 0.869. The third kappa shape index (κ3) is 2.16. The van der Waals surface area contributed by atoms with Gasteiger partial charge in [0.05, 0.1) is 16.3 Å². The van der Waals surface area contributed by atoms with Crippen molar-refractivity contribution in [2.75, 3.05) is 18.0 Å². The minimum absolute atomic E-state index is 0.0837. The normalized spacial score (nSPS) is 14.9. The van der Waals surface area contributed by atoms with Crippen LogP contribution in [0, 0.1) is 0 Å². The van der Waals surface area contributed by atoms with Crippen LogP contribution in [0.2, 0.25) is 10.0 Å². The predicted octanol–water partition coefficient (Wildman–Crippen LogP) is 2.22. The highest BCUT2D eigenvalue weighted by atomic mass is 35.5. The molecule has 0 aromatic heterocycles. The molecule has 0 saturated carbocycles. The summed E-state index contributed by atoms with van der Waals surface area (Å²) in [5.41, 5.74) is 0.0955. The first-order chi connectivity index (χ1) is 8.00. The van der Waals surface area contributed by atoms with Crippen LogP contribution in [0.5, 0.6) is 0 Å². The van der Waals surface area contributed by atoms with Crippen LogP contribution in [0.4, 0.5) is 10.5 Å². The van der Waals surface area contributed by atoms with Gasteiger partial charge in [-0.3, -0.25) is 4.90 Å². The van der Waals surface area contributed by atoms with E-state index in [2.05, 4.69) is 5.32 Å². The fourth-order valence-electron chi connectivity index (χ4n) is 1.69. The van der Waals surface area contributed by atoms with Gasteiger partial charge >= 0.3 is 12.0 Å². The van der Waals surface area contributed by atoms with Crippen molar-refractivity contribution in [2.45, 2.75) is 0 Å². The molecule has 0 unspecified atom stereocenters. The molecular formula is C10H8Cl2N2O3. The Labute approximate surface area is 107 Å². The van der Waals surface area contributed by atoms with Crippen molar-refractivity contribution in [3.05, 3.63) is 27.7 Å². The van der Waals surface area contributed by atoms with Crippen LogP contribution in [0.15, 0.2) is 12.1 Å². The van der Waals surface area contributed by atoms with Gasteiger partial charge in [0.15, 0.2) is 0 Å². The largest absolute Gasteiger partial charge is 0.478 e. The van der Waals surface area contributed by atoms with Crippen molar-refractivity contribution in [2.24, 2.45) is 0 Å². The topological polar surface area (TPSA) is 69.6 Å². The molecule has 0 radical (unpaired) electrons. The zero-order chi connectivity index (χ0) is 12.6. The van der Waals surface area contributed by atoms with E-state index in [-0.39, 0.29) is 27.3 Å². The first kappa shape index (κ1) is 12.0. The van der Waals surface area contributed by atoms with E-state index in [1.807, 2.05) is 0 Å². The minimum Gasteiger partial charge on any atom is -0.478 e. The highest BCUT2D eigenvalue weighted by Crippen LogP contribution is 2.34. The van der Waals surface area contributed by atoms with Gasteiger partial charge < -0.3 is 10.4 Å². The number of carboxylic acid groups (broad SMARTS) is 1. The molecule has 1 aromatic rings. The second kappa shape index (κ2) is 4.43. The maximum atomic E-state index is 11.5. The molecule has 0 spiro atoms. The molecule has 2 N–H and O–H groups in total. The van der Waals surface area contributed by atoms with Gasteiger partial charge in [-0.05, 0) is 12.1 Å². The molecule has 1 aromatic carbocycles. The Bertz CT molecular complexity index is 505. The molecule has 1 saturated heterocycles. The molecule has 7 heteroatoms. The number of hydrogen-bond acceptors (Lipinski definition) is 2. The smallest absolute Gasteiger partial charge is 0.337 e. The van der Waals surface area contributed by atoms with Gasteiger partial charge in [-0.25, -0.2) is 9.59 Å². The summed E-state index contributed by atoms with van der Waals surface area (Å²) in [6, 6.07) is 2.32. The fourth-order valence-corrected chi connectivity index (χ4v) is 2.28. The molecule has 2 amide bonds. The number of rotatable bonds is 2. The lowest BCUT2D eigenvalue weighted by molar-refractivity contribution is 0.0697. The van der Waals surface area contributed by atoms with Crippen LogP contribution in [0.25, 0.3) is 0 Å². The lowest BCUT2D eigenvalue weighted by atomic mass is 10.1. The Kier molecular flexibility index (Phi) is 3.13. The van der Waals surface area contributed by atoms with E-state index in [4.69, 9.17) is 28.3 Å². The number of halogens is 2. The van der Waals surface area contributed by atoms with E-state index in [0.29, 0.717) is 13.1 Å². The summed E-state index contributed by atoms with van der Waals surface area (Å²) in [6.45, 7) is 0.831. The van der Waals surface area contributed by atoms with Crippen molar-refractivity contribution in [3.63, 3.8) is 0 Å². The summed E-state index contributed by atoms with van der Waals surface area (Å²) in [7, 11) is 0. The monoisotopic (exact) mass is 274 g/mol. The van der Waals surface area contributed by atoms with E-state index in [0.717, 1.165) is 0 Å². The van der Waals surface area contributed by atoms with Gasteiger partial charge in [-0.15, -0.1) is 0 Å². The van der Waals surface area contributed by atoms with E-state index >= 15 is 0 Å². The number of carbonyl (C=O) groups excluding carboxylic acids is 1. The van der Waals surface area contributed by atoms with E-state index in [1.165, 1.54) is 17.0 Å². The van der Waals surface area contributed by atoms with E-state index in [9.17, 15) is 9.59 Å². The lowest BCUT2D eigenvalue weighted by Crippen LogP contribution is -2.29. The molecule has 0 aliphatic carbocycles. The SMILES string of the molecule is O=C(O)c1cc(Cl)cc(Cl)c1N1CCNC1=O. The average molecular weight is 275 g/mol. The summed E-state index contributed by atoms with van der Waals surface area (Å²) in [4.78, 5) is 23.9. The number of urea groups is 1. The van der Waals surface area contributed by atoms with Crippen molar-refractivity contribution in [1.82, 2.24) is 5.32 Å². The molecule has 17 heavy (non-hydrogen) atoms. The first-order valence-electron chi connectivity index (χ1n) is 4.78. The number of amides is 2. The molecular weight excluding hydrogens is 267 g/mol. The Morgan fingerprint density at radius 2 is 2.12 bits per heavy atom. The summed E-state index contributed by atoms with van der Waals surface area (Å²) in [5, 5.41) is 12.0. The second-order valence-corrected chi connectivity index (χ2v) is 4.32. The van der Waals surface area contributed by atoms with Crippen LogP contribution in [0.3, 0.4) is 0 Å². The maximum Gasteiger partial charge on any atom is 0.337 e. The Hall–Kier alpha value is -1.46. The first-order valence-corrected chi connectivity index (χ1v) is 5.54. The summed E-state index contributed by atoms with van der Waals surface area (Å²) >= 11 is 11.7. The zero-order valence-corrected chi connectivity index (χ0v) is 10.0. The Morgan fingerprint density at radius 3 is 2.65 bits per heavy atom. The van der Waals surface area contributed by atoms with Gasteiger partial charge in [0.2, 0.25) is 0 Å². The zero-order valence-electron chi connectivity index (χ0n) is 8.54. The van der Waals surface area contributed by atoms with Gasteiger partial charge in [-0.1, -0.05) is 23.2 Å². The van der Waals surface area contributed by atoms with Crippen LogP contribution < -0.4 is 10.2 Å². The van der Waals surface area contributed by atoms with Crippen LogP contribution >= 0.6 is 23.2 Å². The number of aromatic carboxylic acids is 1. The molecule has 1 fully saturated rings. The molecule has 1 heterocycles. The lowest BCUT2D eigenvalue weighted by Gasteiger charge is -2.18. The third-order valence-corrected chi connectivity index (χ3v) is 2.89. The molecule has 90 valence electrons. The highest BCUT2D eigenvalue weighted by Gasteiger charge is 2.28. The number of hydrogen-bond donors (Lipinski definition) is 2. The number of nitrogens with zero attached hydrogens (tertiary/aromatic N) is 1.